The zero-order valence-corrected chi connectivity index (χ0v) is 16.2. The third-order valence-corrected chi connectivity index (χ3v) is 5.53. The van der Waals surface area contributed by atoms with Gasteiger partial charge in [0.1, 0.15) is 5.82 Å². The van der Waals surface area contributed by atoms with E-state index in [0.29, 0.717) is 16.7 Å². The first-order chi connectivity index (χ1) is 11.5. The van der Waals surface area contributed by atoms with E-state index in [1.54, 1.807) is 23.6 Å². The molecule has 0 radical (unpaired) electrons. The Morgan fingerprint density at radius 2 is 2.21 bits per heavy atom. The number of benzene rings is 1. The molecular weight excluding hydrogens is 386 g/mol. The van der Waals surface area contributed by atoms with Gasteiger partial charge in [0.15, 0.2) is 0 Å². The lowest BCUT2D eigenvalue weighted by Gasteiger charge is -2.13. The summed E-state index contributed by atoms with van der Waals surface area (Å²) in [6.45, 7) is 6.18. The molecule has 0 bridgehead atoms. The summed E-state index contributed by atoms with van der Waals surface area (Å²) < 4.78 is 2.30. The number of aromatic nitrogens is 2. The standard InChI is InChI=1S/C18H18BrN3OS/c1-4-11(2)17-21-15-6-5-13(19)9-14(15)18(23)22(17)20-10-16-12(3)7-8-24-16/h5-11H,4H2,1-3H3/t11-/m0/s1. The molecule has 4 nitrogen and oxygen atoms in total. The van der Waals surface area contributed by atoms with Gasteiger partial charge in [-0.3, -0.25) is 4.79 Å². The van der Waals surface area contributed by atoms with Crippen LogP contribution in [0.1, 0.15) is 42.5 Å². The molecule has 3 rings (SSSR count). The molecule has 0 saturated heterocycles. The molecule has 3 aromatic rings. The molecule has 0 saturated carbocycles. The number of hydrogen-bond donors (Lipinski definition) is 0. The number of nitrogens with zero attached hydrogens (tertiary/aromatic N) is 3. The van der Waals surface area contributed by atoms with Crippen LogP contribution in [0, 0.1) is 6.92 Å². The molecule has 0 spiro atoms. The fourth-order valence-corrected chi connectivity index (χ4v) is 3.55. The van der Waals surface area contributed by atoms with Crippen molar-refractivity contribution in [3.63, 3.8) is 0 Å². The minimum Gasteiger partial charge on any atom is -0.267 e. The van der Waals surface area contributed by atoms with Crippen LogP contribution in [0.3, 0.4) is 0 Å². The van der Waals surface area contributed by atoms with Gasteiger partial charge >= 0.3 is 0 Å². The average Bonchev–Trinajstić information content (AvgIpc) is 2.98. The van der Waals surface area contributed by atoms with Crippen molar-refractivity contribution in [2.45, 2.75) is 33.1 Å². The van der Waals surface area contributed by atoms with Crippen LogP contribution in [0.4, 0.5) is 0 Å². The summed E-state index contributed by atoms with van der Waals surface area (Å²) in [7, 11) is 0. The number of aryl methyl sites for hydroxylation is 1. The van der Waals surface area contributed by atoms with Crippen molar-refractivity contribution in [1.82, 2.24) is 9.66 Å². The Morgan fingerprint density at radius 1 is 1.42 bits per heavy atom. The van der Waals surface area contributed by atoms with Crippen LogP contribution in [0.5, 0.6) is 0 Å². The van der Waals surface area contributed by atoms with Crippen molar-refractivity contribution >= 4 is 44.4 Å². The summed E-state index contributed by atoms with van der Waals surface area (Å²) in [5.74, 6) is 0.843. The Morgan fingerprint density at radius 3 is 2.88 bits per heavy atom. The molecule has 24 heavy (non-hydrogen) atoms. The fraction of sp³-hybridized carbons (Fsp3) is 0.278. The fourth-order valence-electron chi connectivity index (χ4n) is 2.41. The molecule has 0 aliphatic carbocycles. The lowest BCUT2D eigenvalue weighted by molar-refractivity contribution is 0.613. The molecule has 124 valence electrons. The van der Waals surface area contributed by atoms with Gasteiger partial charge in [0.05, 0.1) is 22.0 Å². The molecule has 2 heterocycles. The SMILES string of the molecule is CC[C@H](C)c1nc2ccc(Br)cc2c(=O)n1N=Cc1sccc1C. The number of rotatable bonds is 4. The van der Waals surface area contributed by atoms with Gasteiger partial charge in [-0.25, -0.2) is 4.98 Å². The van der Waals surface area contributed by atoms with E-state index >= 15 is 0 Å². The van der Waals surface area contributed by atoms with Crippen LogP contribution in [0.2, 0.25) is 0 Å². The predicted molar refractivity (Wildman–Crippen MR) is 104 cm³/mol. The number of fused-ring (bicyclic) bond motifs is 1. The lowest BCUT2D eigenvalue weighted by atomic mass is 10.1. The van der Waals surface area contributed by atoms with Gasteiger partial charge in [0.25, 0.3) is 5.56 Å². The van der Waals surface area contributed by atoms with Crippen molar-refractivity contribution < 1.29 is 0 Å². The third-order valence-electron chi connectivity index (χ3n) is 4.08. The highest BCUT2D eigenvalue weighted by atomic mass is 79.9. The molecule has 0 unspecified atom stereocenters. The normalized spacial score (nSPS) is 13.0. The zero-order valence-electron chi connectivity index (χ0n) is 13.8. The monoisotopic (exact) mass is 403 g/mol. The highest BCUT2D eigenvalue weighted by Crippen LogP contribution is 2.21. The van der Waals surface area contributed by atoms with Crippen molar-refractivity contribution in [3.05, 3.63) is 60.7 Å². The summed E-state index contributed by atoms with van der Waals surface area (Å²) in [5, 5.41) is 7.05. The Bertz CT molecular complexity index is 974. The van der Waals surface area contributed by atoms with Gasteiger partial charge in [-0.05, 0) is 48.6 Å². The maximum Gasteiger partial charge on any atom is 0.282 e. The number of halogens is 1. The molecule has 2 aromatic heterocycles. The molecule has 0 aliphatic rings. The van der Waals surface area contributed by atoms with Gasteiger partial charge in [-0.1, -0.05) is 29.8 Å². The van der Waals surface area contributed by atoms with Gasteiger partial charge in [0, 0.05) is 10.4 Å². The van der Waals surface area contributed by atoms with E-state index in [-0.39, 0.29) is 11.5 Å². The van der Waals surface area contributed by atoms with Crippen molar-refractivity contribution in [2.24, 2.45) is 5.10 Å². The van der Waals surface area contributed by atoms with Gasteiger partial charge < -0.3 is 0 Å². The average molecular weight is 404 g/mol. The summed E-state index contributed by atoms with van der Waals surface area (Å²) in [6.07, 6.45) is 2.64. The van der Waals surface area contributed by atoms with E-state index < -0.39 is 0 Å². The van der Waals surface area contributed by atoms with Crippen LogP contribution in [-0.2, 0) is 0 Å². The number of thiophene rings is 1. The first-order valence-corrected chi connectivity index (χ1v) is 9.49. The number of hydrogen-bond acceptors (Lipinski definition) is 4. The maximum atomic E-state index is 13.0. The smallest absolute Gasteiger partial charge is 0.267 e. The minimum absolute atomic E-state index is 0.137. The van der Waals surface area contributed by atoms with Gasteiger partial charge in [-0.15, -0.1) is 11.3 Å². The van der Waals surface area contributed by atoms with Crippen molar-refractivity contribution in [1.29, 1.82) is 0 Å². The molecule has 1 aromatic carbocycles. The minimum atomic E-state index is -0.137. The maximum absolute atomic E-state index is 13.0. The highest BCUT2D eigenvalue weighted by Gasteiger charge is 2.15. The summed E-state index contributed by atoms with van der Waals surface area (Å²) in [5.41, 5.74) is 1.72. The van der Waals surface area contributed by atoms with Crippen LogP contribution < -0.4 is 5.56 Å². The second kappa shape index (κ2) is 6.99. The molecule has 6 heteroatoms. The van der Waals surface area contributed by atoms with Crippen molar-refractivity contribution in [3.8, 4) is 0 Å². The Hall–Kier alpha value is -1.79. The molecular formula is C18H18BrN3OS. The molecule has 0 aliphatic heterocycles. The molecule has 1 atom stereocenters. The van der Waals surface area contributed by atoms with Gasteiger partial charge in [-0.2, -0.15) is 9.78 Å². The van der Waals surface area contributed by atoms with E-state index in [2.05, 4.69) is 34.9 Å². The van der Waals surface area contributed by atoms with Crippen LogP contribution in [0.25, 0.3) is 10.9 Å². The third kappa shape index (κ3) is 3.21. The second-order valence-electron chi connectivity index (χ2n) is 5.77. The lowest BCUT2D eigenvalue weighted by Crippen LogP contribution is -2.23. The Balaban J connectivity index is 2.23. The molecule has 0 fully saturated rings. The predicted octanol–water partition coefficient (Wildman–Crippen LogP) is 4.92. The topological polar surface area (TPSA) is 47.2 Å². The van der Waals surface area contributed by atoms with Crippen LogP contribution in [-0.4, -0.2) is 15.9 Å². The van der Waals surface area contributed by atoms with E-state index in [1.807, 2.05) is 30.5 Å². The highest BCUT2D eigenvalue weighted by molar-refractivity contribution is 9.10. The van der Waals surface area contributed by atoms with E-state index in [0.717, 1.165) is 21.3 Å². The first kappa shape index (κ1) is 17.0. The van der Waals surface area contributed by atoms with E-state index in [1.165, 1.54) is 4.68 Å². The summed E-state index contributed by atoms with van der Waals surface area (Å²) >= 11 is 5.03. The largest absolute Gasteiger partial charge is 0.282 e. The van der Waals surface area contributed by atoms with Crippen molar-refractivity contribution in [2.75, 3.05) is 0 Å². The van der Waals surface area contributed by atoms with Crippen LogP contribution in [0.15, 0.2) is 44.0 Å². The van der Waals surface area contributed by atoms with E-state index in [9.17, 15) is 4.79 Å². The Kier molecular flexibility index (Phi) is 4.96. The molecule has 0 amide bonds. The Labute approximate surface area is 153 Å². The van der Waals surface area contributed by atoms with Gasteiger partial charge in [0.2, 0.25) is 0 Å². The summed E-state index contributed by atoms with van der Waals surface area (Å²) in [6, 6.07) is 7.61. The zero-order chi connectivity index (χ0) is 17.3. The quantitative estimate of drug-likeness (QED) is 0.580. The van der Waals surface area contributed by atoms with Crippen LogP contribution >= 0.6 is 27.3 Å². The summed E-state index contributed by atoms with van der Waals surface area (Å²) in [4.78, 5) is 18.7. The molecule has 0 N–H and O–H groups in total. The van der Waals surface area contributed by atoms with E-state index in [4.69, 9.17) is 4.98 Å². The second-order valence-corrected chi connectivity index (χ2v) is 7.63. The first-order valence-electron chi connectivity index (χ1n) is 7.82.